The maximum atomic E-state index is 12.6. The van der Waals surface area contributed by atoms with Crippen molar-refractivity contribution in [3.05, 3.63) is 34.3 Å². The van der Waals surface area contributed by atoms with Gasteiger partial charge in [0.2, 0.25) is 5.91 Å². The zero-order valence-corrected chi connectivity index (χ0v) is 13.7. The third-order valence-electron chi connectivity index (χ3n) is 4.03. The Hall–Kier alpha value is -0.870. The van der Waals surface area contributed by atoms with Crippen LogP contribution in [0.15, 0.2) is 28.7 Å². The lowest BCUT2D eigenvalue weighted by atomic mass is 9.95. The van der Waals surface area contributed by atoms with Gasteiger partial charge in [-0.05, 0) is 37.8 Å². The normalized spacial score (nSPS) is 23.9. The molecule has 1 N–H and O–H groups in total. The Labute approximate surface area is 129 Å². The van der Waals surface area contributed by atoms with Gasteiger partial charge in [-0.1, -0.05) is 41.1 Å². The van der Waals surface area contributed by atoms with Gasteiger partial charge in [0, 0.05) is 23.5 Å². The first-order chi connectivity index (χ1) is 9.43. The fourth-order valence-electron chi connectivity index (χ4n) is 2.73. The Balaban J connectivity index is 2.05. The molecule has 0 unspecified atom stereocenters. The van der Waals surface area contributed by atoms with Crippen molar-refractivity contribution in [1.29, 1.82) is 0 Å². The maximum absolute atomic E-state index is 12.6. The Bertz CT molecular complexity index is 487. The molecule has 1 fully saturated rings. The van der Waals surface area contributed by atoms with Crippen LogP contribution >= 0.6 is 15.9 Å². The summed E-state index contributed by atoms with van der Waals surface area (Å²) in [5.74, 6) is 0.156. The second-order valence-corrected chi connectivity index (χ2v) is 6.76. The predicted octanol–water partition coefficient (Wildman–Crippen LogP) is 3.00. The number of hydrogen-bond donors (Lipinski definition) is 1. The average Bonchev–Trinajstić information content (AvgIpc) is 2.77. The smallest absolute Gasteiger partial charge is 0.226 e. The lowest BCUT2D eigenvalue weighted by Gasteiger charge is -2.24. The monoisotopic (exact) mass is 339 g/mol. The molecule has 0 spiro atoms. The minimum Gasteiger partial charge on any atom is -0.388 e. The van der Waals surface area contributed by atoms with E-state index in [0.29, 0.717) is 19.5 Å². The molecule has 2 atom stereocenters. The van der Waals surface area contributed by atoms with Gasteiger partial charge in [0.05, 0.1) is 5.60 Å². The minimum absolute atomic E-state index is 0.0115. The number of carbonyl (C=O) groups excluding carboxylic acids is 1. The number of likely N-dealkylation sites (tertiary alicyclic amines) is 1. The minimum atomic E-state index is -0.721. The van der Waals surface area contributed by atoms with Crippen LogP contribution in [0.1, 0.15) is 32.3 Å². The van der Waals surface area contributed by atoms with Crippen LogP contribution in [0.25, 0.3) is 0 Å². The molecule has 1 aromatic carbocycles. The van der Waals surface area contributed by atoms with Gasteiger partial charge in [-0.25, -0.2) is 0 Å². The summed E-state index contributed by atoms with van der Waals surface area (Å²) >= 11 is 3.54. The van der Waals surface area contributed by atoms with Gasteiger partial charge >= 0.3 is 0 Å². The molecule has 3 nitrogen and oxygen atoms in total. The molecule has 20 heavy (non-hydrogen) atoms. The van der Waals surface area contributed by atoms with E-state index in [1.54, 1.807) is 6.92 Å². The van der Waals surface area contributed by atoms with E-state index in [9.17, 15) is 9.90 Å². The topological polar surface area (TPSA) is 40.5 Å². The summed E-state index contributed by atoms with van der Waals surface area (Å²) in [6, 6.07) is 8.04. The van der Waals surface area contributed by atoms with Gasteiger partial charge in [0.25, 0.3) is 0 Å². The third-order valence-corrected chi connectivity index (χ3v) is 4.80. The third kappa shape index (κ3) is 3.61. The highest BCUT2D eigenvalue weighted by molar-refractivity contribution is 9.10. The number of halogens is 1. The molecular weight excluding hydrogens is 318 g/mol. The van der Waals surface area contributed by atoms with Crippen LogP contribution in [-0.2, 0) is 11.2 Å². The Kier molecular flexibility index (Phi) is 4.86. The maximum Gasteiger partial charge on any atom is 0.226 e. The Morgan fingerprint density at radius 1 is 1.50 bits per heavy atom. The summed E-state index contributed by atoms with van der Waals surface area (Å²) in [6.45, 7) is 4.97. The molecular formula is C16H22BrNO2. The summed E-state index contributed by atoms with van der Waals surface area (Å²) in [7, 11) is 0. The SMILES string of the molecule is CC[C@@H](Cc1ccccc1Br)C(=O)N1CC[C@](C)(O)C1. The van der Waals surface area contributed by atoms with Crippen LogP contribution in [0.3, 0.4) is 0 Å². The van der Waals surface area contributed by atoms with Gasteiger partial charge < -0.3 is 10.0 Å². The zero-order valence-electron chi connectivity index (χ0n) is 12.1. The first-order valence-electron chi connectivity index (χ1n) is 7.17. The fourth-order valence-corrected chi connectivity index (χ4v) is 3.17. The van der Waals surface area contributed by atoms with Crippen molar-refractivity contribution >= 4 is 21.8 Å². The molecule has 1 amide bonds. The largest absolute Gasteiger partial charge is 0.388 e. The van der Waals surface area contributed by atoms with Crippen LogP contribution in [-0.4, -0.2) is 34.6 Å². The van der Waals surface area contributed by atoms with Gasteiger partial charge in [-0.2, -0.15) is 0 Å². The van der Waals surface area contributed by atoms with Crippen LogP contribution in [0.4, 0.5) is 0 Å². The van der Waals surface area contributed by atoms with Gasteiger partial charge in [0.15, 0.2) is 0 Å². The van der Waals surface area contributed by atoms with Gasteiger partial charge in [-0.15, -0.1) is 0 Å². The average molecular weight is 340 g/mol. The molecule has 0 radical (unpaired) electrons. The highest BCUT2D eigenvalue weighted by Crippen LogP contribution is 2.26. The molecule has 0 bridgehead atoms. The highest BCUT2D eigenvalue weighted by Gasteiger charge is 2.36. The molecule has 1 aliphatic rings. The van der Waals surface area contributed by atoms with Crippen LogP contribution in [0.5, 0.6) is 0 Å². The first-order valence-corrected chi connectivity index (χ1v) is 7.97. The number of carbonyl (C=O) groups is 1. The number of benzene rings is 1. The van der Waals surface area contributed by atoms with E-state index in [2.05, 4.69) is 22.0 Å². The summed E-state index contributed by atoms with van der Waals surface area (Å²) in [5, 5.41) is 10.0. The predicted molar refractivity (Wildman–Crippen MR) is 83.4 cm³/mol. The fraction of sp³-hybridized carbons (Fsp3) is 0.562. The number of amides is 1. The number of hydrogen-bond acceptors (Lipinski definition) is 2. The van der Waals surface area contributed by atoms with Crippen molar-refractivity contribution in [2.45, 2.75) is 38.7 Å². The number of aliphatic hydroxyl groups is 1. The summed E-state index contributed by atoms with van der Waals surface area (Å²) in [4.78, 5) is 14.4. The zero-order chi connectivity index (χ0) is 14.8. The lowest BCUT2D eigenvalue weighted by Crippen LogP contribution is -2.38. The molecule has 2 rings (SSSR count). The molecule has 1 saturated heterocycles. The molecule has 110 valence electrons. The molecule has 0 saturated carbocycles. The van der Waals surface area contributed by atoms with Crippen molar-refractivity contribution < 1.29 is 9.90 Å². The second-order valence-electron chi connectivity index (χ2n) is 5.91. The molecule has 1 aliphatic heterocycles. The summed E-state index contributed by atoms with van der Waals surface area (Å²) in [6.07, 6.45) is 2.23. The summed E-state index contributed by atoms with van der Waals surface area (Å²) < 4.78 is 1.06. The van der Waals surface area contributed by atoms with E-state index in [-0.39, 0.29) is 11.8 Å². The molecule has 0 aromatic heterocycles. The first kappa shape index (κ1) is 15.5. The van der Waals surface area contributed by atoms with Crippen molar-refractivity contribution in [1.82, 2.24) is 4.90 Å². The van der Waals surface area contributed by atoms with Crippen LogP contribution in [0.2, 0.25) is 0 Å². The van der Waals surface area contributed by atoms with Crippen molar-refractivity contribution in [2.75, 3.05) is 13.1 Å². The second kappa shape index (κ2) is 6.27. The molecule has 4 heteroatoms. The van der Waals surface area contributed by atoms with E-state index < -0.39 is 5.60 Å². The van der Waals surface area contributed by atoms with E-state index >= 15 is 0 Å². The van der Waals surface area contributed by atoms with Crippen molar-refractivity contribution in [3.8, 4) is 0 Å². The quantitative estimate of drug-likeness (QED) is 0.915. The highest BCUT2D eigenvalue weighted by atomic mass is 79.9. The van der Waals surface area contributed by atoms with E-state index in [1.807, 2.05) is 30.0 Å². The Morgan fingerprint density at radius 3 is 2.75 bits per heavy atom. The van der Waals surface area contributed by atoms with Crippen molar-refractivity contribution in [2.24, 2.45) is 5.92 Å². The number of rotatable bonds is 4. The molecule has 1 aromatic rings. The van der Waals surface area contributed by atoms with Gasteiger partial charge in [-0.3, -0.25) is 4.79 Å². The lowest BCUT2D eigenvalue weighted by molar-refractivity contribution is -0.135. The van der Waals surface area contributed by atoms with Crippen LogP contribution in [0, 0.1) is 5.92 Å². The molecule has 0 aliphatic carbocycles. The van der Waals surface area contributed by atoms with Gasteiger partial charge in [0.1, 0.15) is 0 Å². The summed E-state index contributed by atoms with van der Waals surface area (Å²) in [5.41, 5.74) is 0.444. The molecule has 1 heterocycles. The standard InChI is InChI=1S/C16H22BrNO2/c1-3-12(10-13-6-4-5-7-14(13)17)15(19)18-9-8-16(2,20)11-18/h4-7,12,20H,3,8-11H2,1-2H3/t12-,16-/m0/s1. The van der Waals surface area contributed by atoms with Crippen LogP contribution < -0.4 is 0 Å². The van der Waals surface area contributed by atoms with E-state index in [1.165, 1.54) is 5.56 Å². The van der Waals surface area contributed by atoms with Crippen molar-refractivity contribution in [3.63, 3.8) is 0 Å². The van der Waals surface area contributed by atoms with E-state index in [0.717, 1.165) is 17.3 Å². The number of β-amino-alcohol motifs (C(OH)–C–C–N with tert-alkyl or cyclic N) is 1. The number of nitrogens with zero attached hydrogens (tertiary/aromatic N) is 1. The van der Waals surface area contributed by atoms with E-state index in [4.69, 9.17) is 0 Å². The Morgan fingerprint density at radius 2 is 2.20 bits per heavy atom.